The van der Waals surface area contributed by atoms with Gasteiger partial charge in [-0.3, -0.25) is 9.59 Å². The van der Waals surface area contributed by atoms with Gasteiger partial charge in [-0.2, -0.15) is 0 Å². The van der Waals surface area contributed by atoms with Crippen LogP contribution in [0.3, 0.4) is 0 Å². The lowest BCUT2D eigenvalue weighted by Gasteiger charge is -2.62. The Kier molecular flexibility index (Phi) is 4.49. The van der Waals surface area contributed by atoms with E-state index < -0.39 is 17.1 Å². The van der Waals surface area contributed by atoms with Gasteiger partial charge >= 0.3 is 5.97 Å². The van der Waals surface area contributed by atoms with Gasteiger partial charge < -0.3 is 14.9 Å². The second kappa shape index (κ2) is 6.31. The smallest absolute Gasteiger partial charge is 0.302 e. The Morgan fingerprint density at radius 3 is 2.57 bits per heavy atom. The van der Waals surface area contributed by atoms with E-state index in [1.165, 1.54) is 6.92 Å². The highest BCUT2D eigenvalue weighted by molar-refractivity contribution is 5.94. The molecule has 154 valence electrons. The van der Waals surface area contributed by atoms with E-state index in [1.54, 1.807) is 0 Å². The summed E-state index contributed by atoms with van der Waals surface area (Å²) in [5, 5.41) is 22.2. The molecule has 0 radical (unpaired) electrons. The minimum Gasteiger partial charge on any atom is -0.463 e. The highest BCUT2D eigenvalue weighted by Gasteiger charge is 2.69. The van der Waals surface area contributed by atoms with Crippen molar-refractivity contribution in [3.8, 4) is 12.3 Å². The van der Waals surface area contributed by atoms with Crippen LogP contribution in [0.15, 0.2) is 0 Å². The first-order chi connectivity index (χ1) is 13.1. The maximum Gasteiger partial charge on any atom is 0.302 e. The van der Waals surface area contributed by atoms with Crippen LogP contribution in [0.4, 0.5) is 0 Å². The van der Waals surface area contributed by atoms with Crippen molar-refractivity contribution in [2.45, 2.75) is 83.5 Å². The first kappa shape index (κ1) is 19.9. The van der Waals surface area contributed by atoms with E-state index in [9.17, 15) is 19.8 Å². The Balaban J connectivity index is 1.64. The fourth-order valence-electron chi connectivity index (χ4n) is 7.59. The zero-order valence-electron chi connectivity index (χ0n) is 17.1. The van der Waals surface area contributed by atoms with Crippen molar-refractivity contribution in [1.82, 2.24) is 0 Å². The molecular weight excluding hydrogens is 356 g/mol. The second-order valence-corrected chi connectivity index (χ2v) is 10.2. The molecule has 0 heterocycles. The number of fused-ring (bicyclic) bond motifs is 5. The SMILES string of the molecule is C#C[C@]1(O)C(=O)CC2C3C(CC[C@@]21C)[C@@]1(C)CC[C@H](OC(C)=O)C[C@@H]1C[C@@H]3O. The first-order valence-corrected chi connectivity index (χ1v) is 10.7. The average molecular weight is 389 g/mol. The number of ketones is 1. The van der Waals surface area contributed by atoms with Crippen LogP contribution in [0.1, 0.15) is 65.7 Å². The van der Waals surface area contributed by atoms with E-state index in [2.05, 4.69) is 12.8 Å². The topological polar surface area (TPSA) is 83.8 Å². The molecule has 0 bridgehead atoms. The third-order valence-corrected chi connectivity index (χ3v) is 9.20. The number of hydrogen-bond acceptors (Lipinski definition) is 5. The van der Waals surface area contributed by atoms with Crippen LogP contribution in [-0.4, -0.2) is 39.8 Å². The molecule has 4 fully saturated rings. The van der Waals surface area contributed by atoms with E-state index in [-0.39, 0.29) is 41.5 Å². The van der Waals surface area contributed by atoms with Crippen molar-refractivity contribution < 1.29 is 24.5 Å². The Bertz CT molecular complexity index is 740. The zero-order valence-corrected chi connectivity index (χ0v) is 17.1. The number of esters is 1. The number of carbonyl (C=O) groups is 2. The summed E-state index contributed by atoms with van der Waals surface area (Å²) in [6.45, 7) is 5.71. The largest absolute Gasteiger partial charge is 0.463 e. The van der Waals surface area contributed by atoms with E-state index >= 15 is 0 Å². The van der Waals surface area contributed by atoms with Crippen molar-refractivity contribution in [2.24, 2.45) is 34.5 Å². The van der Waals surface area contributed by atoms with Crippen LogP contribution < -0.4 is 0 Å². The number of rotatable bonds is 1. The quantitative estimate of drug-likeness (QED) is 0.533. The second-order valence-electron chi connectivity index (χ2n) is 10.2. The minimum absolute atomic E-state index is 0.0170. The predicted molar refractivity (Wildman–Crippen MR) is 103 cm³/mol. The van der Waals surface area contributed by atoms with Gasteiger partial charge in [0.05, 0.1) is 6.10 Å². The number of Topliss-reactive ketones (excluding diaryl/α,β-unsaturated/α-hetero) is 1. The molecule has 2 N–H and O–H groups in total. The Morgan fingerprint density at radius 2 is 1.93 bits per heavy atom. The van der Waals surface area contributed by atoms with Crippen molar-refractivity contribution in [3.63, 3.8) is 0 Å². The minimum atomic E-state index is -1.72. The van der Waals surface area contributed by atoms with Gasteiger partial charge in [0.1, 0.15) is 6.10 Å². The van der Waals surface area contributed by atoms with Gasteiger partial charge in [-0.25, -0.2) is 0 Å². The lowest BCUT2D eigenvalue weighted by atomic mass is 9.43. The number of ether oxygens (including phenoxy) is 1. The normalized spacial score (nSPS) is 52.8. The van der Waals surface area contributed by atoms with E-state index in [1.807, 2.05) is 6.92 Å². The van der Waals surface area contributed by atoms with Crippen LogP contribution in [0.5, 0.6) is 0 Å². The van der Waals surface area contributed by atoms with Crippen molar-refractivity contribution >= 4 is 11.8 Å². The van der Waals surface area contributed by atoms with Gasteiger partial charge in [0.2, 0.25) is 0 Å². The van der Waals surface area contributed by atoms with Crippen molar-refractivity contribution in [1.29, 1.82) is 0 Å². The van der Waals surface area contributed by atoms with Crippen molar-refractivity contribution in [3.05, 3.63) is 0 Å². The molecule has 0 amide bonds. The molecule has 0 aromatic heterocycles. The van der Waals surface area contributed by atoms with Gasteiger partial charge in [-0.05, 0) is 67.6 Å². The molecule has 4 aliphatic carbocycles. The van der Waals surface area contributed by atoms with Gasteiger partial charge in [0, 0.05) is 18.8 Å². The van der Waals surface area contributed by atoms with Crippen LogP contribution >= 0.6 is 0 Å². The molecule has 0 aromatic rings. The number of carbonyl (C=O) groups excluding carboxylic acids is 2. The summed E-state index contributed by atoms with van der Waals surface area (Å²) < 4.78 is 5.48. The number of aliphatic hydroxyl groups is 2. The monoisotopic (exact) mass is 388 g/mol. The molecule has 28 heavy (non-hydrogen) atoms. The zero-order chi connectivity index (χ0) is 20.5. The number of aliphatic hydroxyl groups excluding tert-OH is 1. The van der Waals surface area contributed by atoms with E-state index in [4.69, 9.17) is 11.2 Å². The summed E-state index contributed by atoms with van der Waals surface area (Å²) >= 11 is 0. The Hall–Kier alpha value is -1.38. The van der Waals surface area contributed by atoms with E-state index in [0.717, 1.165) is 25.7 Å². The molecule has 4 rings (SSSR count). The standard InChI is InChI=1S/C23H32O5/c1-5-23(27)19(26)12-17-20-16(7-9-22(17,23)4)21(3)8-6-15(28-13(2)24)10-14(21)11-18(20)25/h1,14-18,20,25,27H,6-12H2,2-4H3/t14-,15+,16?,17?,18+,20?,21+,22+,23+/m1/s1. The number of hydrogen-bond donors (Lipinski definition) is 2. The van der Waals surface area contributed by atoms with Crippen LogP contribution in [0.25, 0.3) is 0 Å². The van der Waals surface area contributed by atoms with Crippen LogP contribution in [-0.2, 0) is 14.3 Å². The molecule has 0 aromatic carbocycles. The Labute approximate surface area is 167 Å². The molecule has 4 saturated carbocycles. The summed E-state index contributed by atoms with van der Waals surface area (Å²) in [6, 6.07) is 0. The van der Waals surface area contributed by atoms with Crippen LogP contribution in [0, 0.1) is 46.8 Å². The molecule has 5 heteroatoms. The van der Waals surface area contributed by atoms with Gasteiger partial charge in [-0.15, -0.1) is 6.42 Å². The molecular formula is C23H32O5. The fraction of sp³-hybridized carbons (Fsp3) is 0.826. The fourth-order valence-corrected chi connectivity index (χ4v) is 7.59. The molecule has 5 nitrogen and oxygen atoms in total. The van der Waals surface area contributed by atoms with Gasteiger partial charge in [0.25, 0.3) is 0 Å². The third kappa shape index (κ3) is 2.47. The molecule has 0 saturated heterocycles. The Morgan fingerprint density at radius 1 is 1.21 bits per heavy atom. The van der Waals surface area contributed by atoms with Gasteiger partial charge in [0.15, 0.2) is 11.4 Å². The van der Waals surface area contributed by atoms with Crippen molar-refractivity contribution in [2.75, 3.05) is 0 Å². The van der Waals surface area contributed by atoms with Gasteiger partial charge in [-0.1, -0.05) is 19.8 Å². The molecule has 4 aliphatic rings. The maximum atomic E-state index is 12.7. The highest BCUT2D eigenvalue weighted by Crippen LogP contribution is 2.67. The highest BCUT2D eigenvalue weighted by atomic mass is 16.5. The lowest BCUT2D eigenvalue weighted by Crippen LogP contribution is -2.60. The summed E-state index contributed by atoms with van der Waals surface area (Å²) in [4.78, 5) is 24.0. The summed E-state index contributed by atoms with van der Waals surface area (Å²) in [5.74, 6) is 2.40. The maximum absolute atomic E-state index is 12.7. The lowest BCUT2D eigenvalue weighted by molar-refractivity contribution is -0.189. The predicted octanol–water partition coefficient (Wildman–Crippen LogP) is 2.47. The first-order valence-electron chi connectivity index (χ1n) is 10.7. The number of terminal acetylenes is 1. The average Bonchev–Trinajstić information content (AvgIpc) is 2.83. The molecule has 0 aliphatic heterocycles. The molecule has 0 spiro atoms. The molecule has 9 atom stereocenters. The summed E-state index contributed by atoms with van der Waals surface area (Å²) in [6.07, 6.45) is 10.1. The third-order valence-electron chi connectivity index (χ3n) is 9.20. The molecule has 3 unspecified atom stereocenters. The van der Waals surface area contributed by atoms with E-state index in [0.29, 0.717) is 24.7 Å². The summed E-state index contributed by atoms with van der Waals surface area (Å²) in [5.41, 5.74) is -2.33. The van der Waals surface area contributed by atoms with Crippen LogP contribution in [0.2, 0.25) is 0 Å². The summed E-state index contributed by atoms with van der Waals surface area (Å²) in [7, 11) is 0.